The summed E-state index contributed by atoms with van der Waals surface area (Å²) in [6, 6.07) is 7.60. The second-order valence-electron chi connectivity index (χ2n) is 6.31. The van der Waals surface area contributed by atoms with Gasteiger partial charge in [0.05, 0.1) is 42.2 Å². The summed E-state index contributed by atoms with van der Waals surface area (Å²) in [5.74, 6) is -0.0625. The fourth-order valence-corrected chi connectivity index (χ4v) is 3.17. The number of aryl methyl sites for hydroxylation is 1. The first kappa shape index (κ1) is 19.9. The summed E-state index contributed by atoms with van der Waals surface area (Å²) in [5, 5.41) is 14.5. The van der Waals surface area contributed by atoms with Crippen molar-refractivity contribution in [3.05, 3.63) is 56.6 Å². The Labute approximate surface area is 167 Å². The number of nitrogens with one attached hydrogen (secondary N) is 1. The molecule has 1 aliphatic heterocycles. The van der Waals surface area contributed by atoms with Crippen molar-refractivity contribution in [1.82, 2.24) is 0 Å². The number of nitro groups is 1. The van der Waals surface area contributed by atoms with Gasteiger partial charge in [-0.05, 0) is 24.6 Å². The lowest BCUT2D eigenvalue weighted by Gasteiger charge is -2.30. The number of nitro benzene ring substituents is 1. The van der Waals surface area contributed by atoms with E-state index in [1.807, 2.05) is 11.8 Å². The normalized spacial score (nSPS) is 13.9. The third-order valence-electron chi connectivity index (χ3n) is 4.52. The maximum absolute atomic E-state index is 13.0. The van der Waals surface area contributed by atoms with Crippen LogP contribution in [0.4, 0.5) is 17.1 Å². The summed E-state index contributed by atoms with van der Waals surface area (Å²) >= 11 is 6.11. The van der Waals surface area contributed by atoms with Crippen molar-refractivity contribution >= 4 is 34.6 Å². The Morgan fingerprint density at radius 3 is 2.64 bits per heavy atom. The molecule has 8 nitrogen and oxygen atoms in total. The maximum atomic E-state index is 13.0. The maximum Gasteiger partial charge on any atom is 0.270 e. The highest BCUT2D eigenvalue weighted by Gasteiger charge is 2.23. The van der Waals surface area contributed by atoms with E-state index in [0.29, 0.717) is 48.5 Å². The summed E-state index contributed by atoms with van der Waals surface area (Å²) in [5.41, 5.74) is 1.89. The van der Waals surface area contributed by atoms with Crippen LogP contribution in [0.3, 0.4) is 0 Å². The van der Waals surface area contributed by atoms with Crippen molar-refractivity contribution < 1.29 is 19.2 Å². The van der Waals surface area contributed by atoms with Crippen LogP contribution < -0.4 is 15.0 Å². The minimum atomic E-state index is -0.521. The predicted molar refractivity (Wildman–Crippen MR) is 107 cm³/mol. The summed E-state index contributed by atoms with van der Waals surface area (Å²) < 4.78 is 10.6. The summed E-state index contributed by atoms with van der Waals surface area (Å²) in [6.07, 6.45) is 0. The quantitative estimate of drug-likeness (QED) is 0.602. The van der Waals surface area contributed by atoms with Crippen LogP contribution in [0.15, 0.2) is 30.3 Å². The van der Waals surface area contributed by atoms with Crippen LogP contribution in [0, 0.1) is 17.0 Å². The first-order valence-electron chi connectivity index (χ1n) is 8.67. The number of anilines is 2. The molecule has 3 rings (SSSR count). The Hall–Kier alpha value is -2.84. The summed E-state index contributed by atoms with van der Waals surface area (Å²) in [6.45, 7) is 4.07. The highest BCUT2D eigenvalue weighted by atomic mass is 35.5. The molecule has 1 fully saturated rings. The van der Waals surface area contributed by atoms with Gasteiger partial charge in [0.15, 0.2) is 0 Å². The van der Waals surface area contributed by atoms with E-state index in [0.717, 1.165) is 5.56 Å². The first-order valence-corrected chi connectivity index (χ1v) is 9.05. The Morgan fingerprint density at radius 2 is 2.00 bits per heavy atom. The lowest BCUT2D eigenvalue weighted by atomic mass is 10.1. The lowest BCUT2D eigenvalue weighted by molar-refractivity contribution is -0.384. The van der Waals surface area contributed by atoms with Crippen molar-refractivity contribution in [3.8, 4) is 5.75 Å². The average molecular weight is 406 g/mol. The molecule has 1 aliphatic rings. The molecule has 0 bridgehead atoms. The average Bonchev–Trinajstić information content (AvgIpc) is 2.70. The Bertz CT molecular complexity index is 913. The van der Waals surface area contributed by atoms with E-state index >= 15 is 0 Å². The third-order valence-corrected chi connectivity index (χ3v) is 4.92. The highest BCUT2D eigenvalue weighted by Crippen LogP contribution is 2.33. The Morgan fingerprint density at radius 1 is 1.29 bits per heavy atom. The van der Waals surface area contributed by atoms with Gasteiger partial charge in [-0.1, -0.05) is 11.6 Å². The molecule has 28 heavy (non-hydrogen) atoms. The van der Waals surface area contributed by atoms with E-state index in [2.05, 4.69) is 5.32 Å². The molecule has 148 valence electrons. The van der Waals surface area contributed by atoms with E-state index in [1.54, 1.807) is 18.2 Å². The van der Waals surface area contributed by atoms with Crippen LogP contribution in [-0.2, 0) is 4.74 Å². The minimum Gasteiger partial charge on any atom is -0.495 e. The van der Waals surface area contributed by atoms with Crippen molar-refractivity contribution in [3.63, 3.8) is 0 Å². The Kier molecular flexibility index (Phi) is 6.01. The molecule has 0 aromatic heterocycles. The number of carbonyl (C=O) groups is 1. The number of halogens is 1. The number of carbonyl (C=O) groups excluding carboxylic acids is 1. The first-order chi connectivity index (χ1) is 13.4. The van der Waals surface area contributed by atoms with Crippen LogP contribution in [0.5, 0.6) is 5.75 Å². The van der Waals surface area contributed by atoms with Crippen LogP contribution in [0.1, 0.15) is 15.9 Å². The van der Waals surface area contributed by atoms with Crippen LogP contribution >= 0.6 is 11.6 Å². The molecule has 0 unspecified atom stereocenters. The number of methoxy groups -OCH3 is 1. The largest absolute Gasteiger partial charge is 0.495 e. The number of rotatable bonds is 5. The second kappa shape index (κ2) is 8.45. The fourth-order valence-electron chi connectivity index (χ4n) is 3.02. The van der Waals surface area contributed by atoms with Crippen molar-refractivity contribution in [2.24, 2.45) is 0 Å². The minimum absolute atomic E-state index is 0.151. The predicted octanol–water partition coefficient (Wildman–Crippen LogP) is 3.65. The van der Waals surface area contributed by atoms with Crippen molar-refractivity contribution in [1.29, 1.82) is 0 Å². The van der Waals surface area contributed by atoms with Crippen LogP contribution in [0.2, 0.25) is 5.02 Å². The number of benzene rings is 2. The monoisotopic (exact) mass is 405 g/mol. The van der Waals surface area contributed by atoms with Gasteiger partial charge < -0.3 is 19.7 Å². The van der Waals surface area contributed by atoms with Gasteiger partial charge in [0.1, 0.15) is 5.75 Å². The summed E-state index contributed by atoms with van der Waals surface area (Å²) in [7, 11) is 1.48. The lowest BCUT2D eigenvalue weighted by Crippen LogP contribution is -2.37. The molecule has 0 radical (unpaired) electrons. The molecule has 1 amide bonds. The van der Waals surface area contributed by atoms with Gasteiger partial charge in [0, 0.05) is 36.3 Å². The molecule has 1 heterocycles. The van der Waals surface area contributed by atoms with Gasteiger partial charge in [-0.15, -0.1) is 0 Å². The Balaban J connectivity index is 1.99. The van der Waals surface area contributed by atoms with E-state index in [9.17, 15) is 14.9 Å². The van der Waals surface area contributed by atoms with Crippen LogP contribution in [0.25, 0.3) is 0 Å². The number of morpholine rings is 1. The van der Waals surface area contributed by atoms with Crippen molar-refractivity contribution in [2.75, 3.05) is 43.6 Å². The van der Waals surface area contributed by atoms with E-state index in [4.69, 9.17) is 21.1 Å². The van der Waals surface area contributed by atoms with E-state index in [-0.39, 0.29) is 11.3 Å². The number of non-ortho nitro benzene ring substituents is 1. The number of hydrogen-bond acceptors (Lipinski definition) is 6. The van der Waals surface area contributed by atoms with E-state index < -0.39 is 10.8 Å². The zero-order valence-electron chi connectivity index (χ0n) is 15.5. The molecular formula is C19H20ClN3O5. The molecule has 0 saturated carbocycles. The number of amides is 1. The molecule has 1 N–H and O–H groups in total. The molecule has 0 aliphatic carbocycles. The SMILES string of the molecule is COc1cc(Cl)c(C)cc1NC(=O)c1cc([N+](=O)[O-])ccc1N1CCOCC1. The molecule has 0 spiro atoms. The topological polar surface area (TPSA) is 93.9 Å². The fraction of sp³-hybridized carbons (Fsp3) is 0.316. The second-order valence-corrected chi connectivity index (χ2v) is 6.72. The van der Waals surface area contributed by atoms with Gasteiger partial charge in [0.25, 0.3) is 11.6 Å². The molecule has 2 aromatic rings. The molecule has 1 saturated heterocycles. The molecule has 9 heteroatoms. The van der Waals surface area contributed by atoms with Gasteiger partial charge >= 0.3 is 0 Å². The molecular weight excluding hydrogens is 386 g/mol. The molecule has 0 atom stereocenters. The molecule has 2 aromatic carbocycles. The standard InChI is InChI=1S/C19H20ClN3O5/c1-12-9-16(18(27-2)11-15(12)20)21-19(24)14-10-13(23(25)26)3-4-17(14)22-5-7-28-8-6-22/h3-4,9-11H,5-8H2,1-2H3,(H,21,24). The van der Waals surface area contributed by atoms with Gasteiger partial charge in [-0.2, -0.15) is 0 Å². The summed E-state index contributed by atoms with van der Waals surface area (Å²) in [4.78, 5) is 25.7. The number of hydrogen-bond donors (Lipinski definition) is 1. The van der Waals surface area contributed by atoms with E-state index in [1.165, 1.54) is 19.2 Å². The number of ether oxygens (including phenoxy) is 2. The van der Waals surface area contributed by atoms with Crippen molar-refractivity contribution in [2.45, 2.75) is 6.92 Å². The van der Waals surface area contributed by atoms with Gasteiger partial charge in [-0.3, -0.25) is 14.9 Å². The zero-order valence-corrected chi connectivity index (χ0v) is 16.3. The highest BCUT2D eigenvalue weighted by molar-refractivity contribution is 6.31. The number of nitrogens with zero attached hydrogens (tertiary/aromatic N) is 2. The third kappa shape index (κ3) is 4.18. The smallest absolute Gasteiger partial charge is 0.270 e. The van der Waals surface area contributed by atoms with Gasteiger partial charge in [-0.25, -0.2) is 0 Å². The van der Waals surface area contributed by atoms with Gasteiger partial charge in [0.2, 0.25) is 0 Å². The van der Waals surface area contributed by atoms with Crippen LogP contribution in [-0.4, -0.2) is 44.2 Å². The zero-order chi connectivity index (χ0) is 20.3.